The Kier molecular flexibility index (Phi) is 4.07. The Morgan fingerprint density at radius 3 is 2.71 bits per heavy atom. The molecule has 0 atom stereocenters. The van der Waals surface area contributed by atoms with Gasteiger partial charge in [-0.25, -0.2) is 9.59 Å². The first-order chi connectivity index (χ1) is 9.97. The number of aromatic nitrogens is 2. The zero-order valence-corrected chi connectivity index (χ0v) is 11.2. The van der Waals surface area contributed by atoms with Crippen LogP contribution in [0.15, 0.2) is 24.4 Å². The average Bonchev–Trinajstić information content (AvgIpc) is 2.81. The van der Waals surface area contributed by atoms with Gasteiger partial charge < -0.3 is 20.8 Å². The van der Waals surface area contributed by atoms with Gasteiger partial charge in [0.1, 0.15) is 11.3 Å². The number of nitrogens with one attached hydrogen (secondary N) is 3. The first-order valence-electron chi connectivity index (χ1n) is 6.07. The first-order valence-corrected chi connectivity index (χ1v) is 6.07. The van der Waals surface area contributed by atoms with Crippen LogP contribution in [0.25, 0.3) is 0 Å². The monoisotopic (exact) mass is 290 g/mol. The Hall–Kier alpha value is -3.03. The molecule has 8 nitrogen and oxygen atoms in total. The number of H-pyrrole nitrogens is 1. The summed E-state index contributed by atoms with van der Waals surface area (Å²) in [7, 11) is 0. The Labute approximate surface area is 119 Å². The van der Waals surface area contributed by atoms with Crippen molar-refractivity contribution in [2.75, 3.05) is 5.32 Å². The maximum atomic E-state index is 11.7. The molecule has 0 aliphatic carbocycles. The summed E-state index contributed by atoms with van der Waals surface area (Å²) in [6, 6.07) is 3.31. The van der Waals surface area contributed by atoms with Crippen molar-refractivity contribution in [3.63, 3.8) is 0 Å². The second-order valence-corrected chi connectivity index (χ2v) is 4.36. The Morgan fingerprint density at radius 1 is 1.38 bits per heavy atom. The van der Waals surface area contributed by atoms with Gasteiger partial charge in [-0.15, -0.1) is 0 Å². The third-order valence-electron chi connectivity index (χ3n) is 2.86. The topological polar surface area (TPSA) is 127 Å². The van der Waals surface area contributed by atoms with Crippen LogP contribution < -0.4 is 10.6 Å². The fraction of sp³-hybridized carbons (Fsp3) is 0.154. The van der Waals surface area contributed by atoms with Crippen molar-refractivity contribution in [2.45, 2.75) is 13.5 Å². The number of anilines is 1. The van der Waals surface area contributed by atoms with Crippen LogP contribution in [0.3, 0.4) is 0 Å². The highest BCUT2D eigenvalue weighted by Gasteiger charge is 2.11. The summed E-state index contributed by atoms with van der Waals surface area (Å²) in [4.78, 5) is 22.5. The van der Waals surface area contributed by atoms with E-state index in [1.165, 1.54) is 18.2 Å². The molecule has 0 bridgehead atoms. The molecule has 0 spiro atoms. The van der Waals surface area contributed by atoms with Gasteiger partial charge in [-0.2, -0.15) is 5.10 Å². The molecular formula is C13H14N4O4. The number of aromatic carboxylic acids is 1. The lowest BCUT2D eigenvalue weighted by Gasteiger charge is -2.08. The minimum absolute atomic E-state index is 0.227. The van der Waals surface area contributed by atoms with Crippen molar-refractivity contribution >= 4 is 17.7 Å². The molecular weight excluding hydrogens is 276 g/mol. The standard InChI is InChI=1S/C13H14N4O4/c1-7-8(6-15-17-7)5-14-13(21)16-9-2-3-10(12(19)20)11(18)4-9/h2-4,6,18H,5H2,1H3,(H,15,17)(H,19,20)(H2,14,16,21). The van der Waals surface area contributed by atoms with Crippen LogP contribution in [-0.4, -0.2) is 32.4 Å². The summed E-state index contributed by atoms with van der Waals surface area (Å²) in [5, 5.41) is 30.0. The van der Waals surface area contributed by atoms with Gasteiger partial charge in [0, 0.05) is 29.6 Å². The van der Waals surface area contributed by atoms with Crippen molar-refractivity contribution in [2.24, 2.45) is 0 Å². The van der Waals surface area contributed by atoms with Crippen molar-refractivity contribution in [3.05, 3.63) is 41.2 Å². The molecule has 0 saturated carbocycles. The van der Waals surface area contributed by atoms with E-state index >= 15 is 0 Å². The lowest BCUT2D eigenvalue weighted by atomic mass is 10.2. The number of nitrogens with zero attached hydrogens (tertiary/aromatic N) is 1. The second-order valence-electron chi connectivity index (χ2n) is 4.36. The number of carbonyl (C=O) groups excluding carboxylic acids is 1. The van der Waals surface area contributed by atoms with Gasteiger partial charge >= 0.3 is 12.0 Å². The summed E-state index contributed by atoms with van der Waals surface area (Å²) < 4.78 is 0. The highest BCUT2D eigenvalue weighted by molar-refractivity contribution is 5.93. The van der Waals surface area contributed by atoms with Crippen molar-refractivity contribution in [3.8, 4) is 5.75 Å². The molecule has 1 aromatic carbocycles. The third kappa shape index (κ3) is 3.50. The Morgan fingerprint density at radius 2 is 2.14 bits per heavy atom. The fourth-order valence-electron chi connectivity index (χ4n) is 1.69. The van der Waals surface area contributed by atoms with Crippen LogP contribution >= 0.6 is 0 Å². The van der Waals surface area contributed by atoms with E-state index in [0.29, 0.717) is 12.2 Å². The molecule has 110 valence electrons. The molecule has 0 radical (unpaired) electrons. The number of carboxylic acids is 1. The molecule has 0 saturated heterocycles. The molecule has 1 heterocycles. The van der Waals surface area contributed by atoms with E-state index in [1.54, 1.807) is 6.20 Å². The molecule has 8 heteroatoms. The Bertz CT molecular complexity index is 681. The number of hydrogen-bond donors (Lipinski definition) is 5. The summed E-state index contributed by atoms with van der Waals surface area (Å²) in [6.45, 7) is 2.14. The number of hydrogen-bond acceptors (Lipinski definition) is 4. The summed E-state index contributed by atoms with van der Waals surface area (Å²) >= 11 is 0. The van der Waals surface area contributed by atoms with E-state index < -0.39 is 17.7 Å². The van der Waals surface area contributed by atoms with Gasteiger partial charge in [-0.1, -0.05) is 0 Å². The zero-order valence-electron chi connectivity index (χ0n) is 11.2. The molecule has 0 aliphatic rings. The van der Waals surface area contributed by atoms with Crippen molar-refractivity contribution < 1.29 is 19.8 Å². The summed E-state index contributed by atoms with van der Waals surface area (Å²) in [6.07, 6.45) is 1.61. The predicted octanol–water partition coefficient (Wildman–Crippen LogP) is 1.44. The molecule has 2 rings (SSSR count). The molecule has 2 aromatic rings. The molecule has 2 amide bonds. The van der Waals surface area contributed by atoms with Crippen LogP contribution in [0.5, 0.6) is 5.75 Å². The van der Waals surface area contributed by atoms with Crippen molar-refractivity contribution in [1.29, 1.82) is 0 Å². The van der Waals surface area contributed by atoms with Crippen LogP contribution in [-0.2, 0) is 6.54 Å². The molecule has 0 unspecified atom stereocenters. The fourth-order valence-corrected chi connectivity index (χ4v) is 1.69. The van der Waals surface area contributed by atoms with Crippen LogP contribution in [0.4, 0.5) is 10.5 Å². The van der Waals surface area contributed by atoms with E-state index in [2.05, 4.69) is 20.8 Å². The van der Waals surface area contributed by atoms with Crippen LogP contribution in [0.1, 0.15) is 21.6 Å². The number of urea groups is 1. The highest BCUT2D eigenvalue weighted by Crippen LogP contribution is 2.21. The van der Waals surface area contributed by atoms with E-state index in [1.807, 2.05) is 6.92 Å². The maximum Gasteiger partial charge on any atom is 0.339 e. The van der Waals surface area contributed by atoms with E-state index in [4.69, 9.17) is 5.11 Å². The number of carbonyl (C=O) groups is 2. The number of aromatic amines is 1. The minimum Gasteiger partial charge on any atom is -0.507 e. The molecule has 21 heavy (non-hydrogen) atoms. The van der Waals surface area contributed by atoms with Gasteiger partial charge in [0.25, 0.3) is 0 Å². The molecule has 0 aliphatic heterocycles. The summed E-state index contributed by atoms with van der Waals surface area (Å²) in [5.41, 5.74) is 1.78. The van der Waals surface area contributed by atoms with E-state index in [0.717, 1.165) is 11.3 Å². The number of aromatic hydroxyl groups is 1. The third-order valence-corrected chi connectivity index (χ3v) is 2.86. The van der Waals surface area contributed by atoms with Crippen LogP contribution in [0, 0.1) is 6.92 Å². The number of carboxylic acid groups (broad SMARTS) is 1. The van der Waals surface area contributed by atoms with Crippen LogP contribution in [0.2, 0.25) is 0 Å². The number of phenols is 1. The summed E-state index contributed by atoms with van der Waals surface area (Å²) in [5.74, 6) is -1.65. The quantitative estimate of drug-likeness (QED) is 0.582. The van der Waals surface area contributed by atoms with Crippen molar-refractivity contribution in [1.82, 2.24) is 15.5 Å². The number of aryl methyl sites for hydroxylation is 1. The second kappa shape index (κ2) is 5.95. The number of amides is 2. The predicted molar refractivity (Wildman–Crippen MR) is 74.2 cm³/mol. The maximum absolute atomic E-state index is 11.7. The average molecular weight is 290 g/mol. The van der Waals surface area contributed by atoms with E-state index in [9.17, 15) is 14.7 Å². The Balaban J connectivity index is 1.95. The first kappa shape index (κ1) is 14.4. The number of benzene rings is 1. The smallest absolute Gasteiger partial charge is 0.339 e. The highest BCUT2D eigenvalue weighted by atomic mass is 16.4. The van der Waals surface area contributed by atoms with Gasteiger partial charge in [0.15, 0.2) is 0 Å². The van der Waals surface area contributed by atoms with Gasteiger partial charge in [-0.05, 0) is 19.1 Å². The molecule has 1 aromatic heterocycles. The van der Waals surface area contributed by atoms with E-state index in [-0.39, 0.29) is 5.56 Å². The normalized spacial score (nSPS) is 10.1. The lowest BCUT2D eigenvalue weighted by molar-refractivity contribution is 0.0694. The van der Waals surface area contributed by atoms with Gasteiger partial charge in [0.2, 0.25) is 0 Å². The molecule has 5 N–H and O–H groups in total. The SMILES string of the molecule is Cc1[nH]ncc1CNC(=O)Nc1ccc(C(=O)O)c(O)c1. The zero-order chi connectivity index (χ0) is 15.4. The van der Waals surface area contributed by atoms with Gasteiger partial charge in [0.05, 0.1) is 6.20 Å². The molecule has 0 fully saturated rings. The number of rotatable bonds is 4. The lowest BCUT2D eigenvalue weighted by Crippen LogP contribution is -2.28. The minimum atomic E-state index is -1.24. The largest absolute Gasteiger partial charge is 0.507 e. The van der Waals surface area contributed by atoms with Gasteiger partial charge in [-0.3, -0.25) is 5.10 Å².